The van der Waals surface area contributed by atoms with E-state index in [0.29, 0.717) is 12.1 Å². The maximum atomic E-state index is 11.1. The zero-order valence-electron chi connectivity index (χ0n) is 7.13. The lowest BCUT2D eigenvalue weighted by molar-refractivity contribution is -0.130. The Morgan fingerprint density at radius 1 is 1.64 bits per heavy atom. The second-order valence-electron chi connectivity index (χ2n) is 2.49. The molecule has 0 aliphatic rings. The van der Waals surface area contributed by atoms with Crippen LogP contribution < -0.4 is 0 Å². The molecule has 0 atom stereocenters. The van der Waals surface area contributed by atoms with Crippen molar-refractivity contribution in [2.75, 3.05) is 13.3 Å². The number of rotatable bonds is 4. The minimum absolute atomic E-state index is 0.172. The Labute approximate surface area is 67.3 Å². The van der Waals surface area contributed by atoms with E-state index < -0.39 is 0 Å². The van der Waals surface area contributed by atoms with Gasteiger partial charge in [0.05, 0.1) is 0 Å². The molecule has 3 heteroatoms. The van der Waals surface area contributed by atoms with Gasteiger partial charge in [-0.1, -0.05) is 13.5 Å². The van der Waals surface area contributed by atoms with Gasteiger partial charge in [-0.25, -0.2) is 0 Å². The molecule has 0 spiro atoms. The second-order valence-corrected chi connectivity index (χ2v) is 2.49. The molecule has 0 aliphatic heterocycles. The van der Waals surface area contributed by atoms with E-state index in [-0.39, 0.29) is 12.6 Å². The van der Waals surface area contributed by atoms with Gasteiger partial charge in [-0.2, -0.15) is 0 Å². The van der Waals surface area contributed by atoms with Crippen molar-refractivity contribution in [3.05, 3.63) is 12.2 Å². The van der Waals surface area contributed by atoms with E-state index in [1.54, 1.807) is 6.92 Å². The van der Waals surface area contributed by atoms with Gasteiger partial charge in [-0.3, -0.25) is 4.79 Å². The molecule has 0 aromatic rings. The molecule has 3 nitrogen and oxygen atoms in total. The molecule has 0 radical (unpaired) electrons. The van der Waals surface area contributed by atoms with Crippen molar-refractivity contribution in [1.82, 2.24) is 4.90 Å². The fourth-order valence-corrected chi connectivity index (χ4v) is 0.776. The van der Waals surface area contributed by atoms with E-state index in [2.05, 4.69) is 6.58 Å². The molecule has 0 aromatic carbocycles. The Bertz CT molecular complexity index is 154. The Hall–Kier alpha value is -0.830. The summed E-state index contributed by atoms with van der Waals surface area (Å²) in [6.45, 7) is 7.46. The van der Waals surface area contributed by atoms with Gasteiger partial charge in [-0.05, 0) is 13.3 Å². The van der Waals surface area contributed by atoms with Gasteiger partial charge >= 0.3 is 0 Å². The molecular formula is C8H15NO2. The van der Waals surface area contributed by atoms with Crippen molar-refractivity contribution >= 4 is 5.91 Å². The summed E-state index contributed by atoms with van der Waals surface area (Å²) in [5.41, 5.74) is 0.465. The maximum Gasteiger partial charge on any atom is 0.250 e. The summed E-state index contributed by atoms with van der Waals surface area (Å²) in [6, 6.07) is 0. The standard InChI is InChI=1S/C8H15NO2/c1-4-5-9(6-10)8(11)7(2)3/h10H,2,4-6H2,1,3H3. The first-order chi connectivity index (χ1) is 5.13. The van der Waals surface area contributed by atoms with Gasteiger partial charge in [0.1, 0.15) is 6.73 Å². The van der Waals surface area contributed by atoms with Crippen molar-refractivity contribution in [3.8, 4) is 0 Å². The molecule has 0 aliphatic carbocycles. The van der Waals surface area contributed by atoms with Crippen LogP contribution >= 0.6 is 0 Å². The zero-order valence-corrected chi connectivity index (χ0v) is 7.13. The molecular weight excluding hydrogens is 142 g/mol. The van der Waals surface area contributed by atoms with Gasteiger partial charge in [0.2, 0.25) is 0 Å². The van der Waals surface area contributed by atoms with E-state index >= 15 is 0 Å². The van der Waals surface area contributed by atoms with Crippen molar-refractivity contribution in [1.29, 1.82) is 0 Å². The molecule has 0 heterocycles. The van der Waals surface area contributed by atoms with Crippen molar-refractivity contribution in [2.24, 2.45) is 0 Å². The van der Waals surface area contributed by atoms with Crippen LogP contribution in [0.1, 0.15) is 20.3 Å². The van der Waals surface area contributed by atoms with Gasteiger partial charge in [-0.15, -0.1) is 0 Å². The highest BCUT2D eigenvalue weighted by molar-refractivity contribution is 5.92. The van der Waals surface area contributed by atoms with E-state index in [9.17, 15) is 4.79 Å². The minimum atomic E-state index is -0.223. The average molecular weight is 157 g/mol. The molecule has 0 fully saturated rings. The van der Waals surface area contributed by atoms with E-state index in [4.69, 9.17) is 5.11 Å². The molecule has 1 amide bonds. The topological polar surface area (TPSA) is 40.5 Å². The molecule has 0 saturated heterocycles. The largest absolute Gasteiger partial charge is 0.376 e. The average Bonchev–Trinajstić information content (AvgIpc) is 1.98. The van der Waals surface area contributed by atoms with Crippen LogP contribution in [0, 0.1) is 0 Å². The summed E-state index contributed by atoms with van der Waals surface area (Å²) < 4.78 is 0. The molecule has 64 valence electrons. The SMILES string of the molecule is C=C(C)C(=O)N(CO)CCC. The maximum absolute atomic E-state index is 11.1. The van der Waals surface area contributed by atoms with E-state index in [0.717, 1.165) is 6.42 Å². The highest BCUT2D eigenvalue weighted by Gasteiger charge is 2.10. The Balaban J connectivity index is 4.02. The molecule has 0 bridgehead atoms. The van der Waals surface area contributed by atoms with Crippen molar-refractivity contribution in [3.63, 3.8) is 0 Å². The smallest absolute Gasteiger partial charge is 0.250 e. The monoisotopic (exact) mass is 157 g/mol. The van der Waals surface area contributed by atoms with Crippen LogP contribution in [-0.2, 0) is 4.79 Å². The highest BCUT2D eigenvalue weighted by atomic mass is 16.3. The third kappa shape index (κ3) is 3.18. The van der Waals surface area contributed by atoms with Crippen LogP contribution in [0.2, 0.25) is 0 Å². The molecule has 1 N–H and O–H groups in total. The fourth-order valence-electron chi connectivity index (χ4n) is 0.776. The van der Waals surface area contributed by atoms with Crippen molar-refractivity contribution in [2.45, 2.75) is 20.3 Å². The number of aliphatic hydroxyl groups excluding tert-OH is 1. The van der Waals surface area contributed by atoms with Crippen molar-refractivity contribution < 1.29 is 9.90 Å². The second kappa shape index (κ2) is 4.91. The van der Waals surface area contributed by atoms with Gasteiger partial charge in [0.25, 0.3) is 5.91 Å². The third-order valence-electron chi connectivity index (χ3n) is 1.32. The van der Waals surface area contributed by atoms with Gasteiger partial charge in [0.15, 0.2) is 0 Å². The molecule has 0 unspecified atom stereocenters. The number of carbonyl (C=O) groups excluding carboxylic acids is 1. The van der Waals surface area contributed by atoms with E-state index in [1.165, 1.54) is 4.90 Å². The summed E-state index contributed by atoms with van der Waals surface area (Å²) in [7, 11) is 0. The third-order valence-corrected chi connectivity index (χ3v) is 1.32. The zero-order chi connectivity index (χ0) is 8.85. The summed E-state index contributed by atoms with van der Waals surface area (Å²) in [6.07, 6.45) is 0.847. The number of hydrogen-bond acceptors (Lipinski definition) is 2. The predicted molar refractivity (Wildman–Crippen MR) is 43.9 cm³/mol. The highest BCUT2D eigenvalue weighted by Crippen LogP contribution is 1.98. The summed E-state index contributed by atoms with van der Waals surface area (Å²) >= 11 is 0. The first kappa shape index (κ1) is 10.2. The number of carbonyl (C=O) groups is 1. The molecule has 0 saturated carbocycles. The minimum Gasteiger partial charge on any atom is -0.376 e. The number of hydrogen-bond donors (Lipinski definition) is 1. The van der Waals surface area contributed by atoms with Crippen LogP contribution in [0.5, 0.6) is 0 Å². The normalized spacial score (nSPS) is 9.36. The van der Waals surface area contributed by atoms with Crippen LogP contribution in [0.15, 0.2) is 12.2 Å². The summed E-state index contributed by atoms with van der Waals surface area (Å²) in [5, 5.41) is 8.74. The van der Waals surface area contributed by atoms with Crippen LogP contribution in [0.4, 0.5) is 0 Å². The van der Waals surface area contributed by atoms with Crippen LogP contribution in [-0.4, -0.2) is 29.2 Å². The van der Waals surface area contributed by atoms with Gasteiger partial charge < -0.3 is 10.0 Å². The number of nitrogens with zero attached hydrogens (tertiary/aromatic N) is 1. The van der Waals surface area contributed by atoms with E-state index in [1.807, 2.05) is 6.92 Å². The summed E-state index contributed by atoms with van der Waals surface area (Å²) in [5.74, 6) is -0.172. The Kier molecular flexibility index (Phi) is 4.54. The Morgan fingerprint density at radius 3 is 2.45 bits per heavy atom. The summed E-state index contributed by atoms with van der Waals surface area (Å²) in [4.78, 5) is 12.5. The lowest BCUT2D eigenvalue weighted by atomic mass is 10.3. The number of aliphatic hydroxyl groups is 1. The molecule has 0 rings (SSSR count). The Morgan fingerprint density at radius 2 is 2.18 bits per heavy atom. The predicted octanol–water partition coefficient (Wildman–Crippen LogP) is 0.751. The lowest BCUT2D eigenvalue weighted by Gasteiger charge is -2.18. The first-order valence-electron chi connectivity index (χ1n) is 3.69. The van der Waals surface area contributed by atoms with Crippen LogP contribution in [0.25, 0.3) is 0 Å². The first-order valence-corrected chi connectivity index (χ1v) is 3.69. The van der Waals surface area contributed by atoms with Crippen LogP contribution in [0.3, 0.4) is 0 Å². The lowest BCUT2D eigenvalue weighted by Crippen LogP contribution is -2.32. The quantitative estimate of drug-likeness (QED) is 0.483. The molecule has 11 heavy (non-hydrogen) atoms. The van der Waals surface area contributed by atoms with Gasteiger partial charge in [0, 0.05) is 12.1 Å². The number of amides is 1. The fraction of sp³-hybridized carbons (Fsp3) is 0.625. The molecule has 0 aromatic heterocycles.